The van der Waals surface area contributed by atoms with Gasteiger partial charge in [0.05, 0.1) is 5.75 Å². The van der Waals surface area contributed by atoms with Crippen LogP contribution in [0.2, 0.25) is 0 Å². The van der Waals surface area contributed by atoms with Gasteiger partial charge < -0.3 is 14.5 Å². The summed E-state index contributed by atoms with van der Waals surface area (Å²) in [5.41, 5.74) is 2.19. The highest BCUT2D eigenvalue weighted by Crippen LogP contribution is 2.24. The molecule has 1 heterocycles. The molecule has 2 aromatic rings. The summed E-state index contributed by atoms with van der Waals surface area (Å²) < 4.78 is 11.3. The van der Waals surface area contributed by atoms with Crippen molar-refractivity contribution in [3.05, 3.63) is 35.2 Å². The van der Waals surface area contributed by atoms with Crippen LogP contribution in [0.15, 0.2) is 27.8 Å². The van der Waals surface area contributed by atoms with Gasteiger partial charge in [-0.15, -0.1) is 10.2 Å². The molecule has 27 heavy (non-hydrogen) atoms. The van der Waals surface area contributed by atoms with Gasteiger partial charge >= 0.3 is 0 Å². The summed E-state index contributed by atoms with van der Waals surface area (Å²) in [7, 11) is 0. The normalized spacial score (nSPS) is 19.7. The van der Waals surface area contributed by atoms with E-state index in [0.29, 0.717) is 17.0 Å². The first-order valence-electron chi connectivity index (χ1n) is 9.46. The van der Waals surface area contributed by atoms with E-state index in [1.165, 1.54) is 31.0 Å². The lowest BCUT2D eigenvalue weighted by Crippen LogP contribution is -2.41. The van der Waals surface area contributed by atoms with Crippen LogP contribution in [0, 0.1) is 19.8 Å². The third-order valence-corrected chi connectivity index (χ3v) is 5.75. The summed E-state index contributed by atoms with van der Waals surface area (Å²) in [6.45, 7) is 6.43. The molecule has 1 N–H and O–H groups in total. The van der Waals surface area contributed by atoms with Crippen molar-refractivity contribution in [2.24, 2.45) is 5.92 Å². The van der Waals surface area contributed by atoms with E-state index in [1.54, 1.807) is 0 Å². The van der Waals surface area contributed by atoms with E-state index < -0.39 is 0 Å². The molecule has 3 rings (SSSR count). The molecule has 146 valence electrons. The van der Waals surface area contributed by atoms with E-state index in [4.69, 9.17) is 9.15 Å². The molecule has 0 spiro atoms. The van der Waals surface area contributed by atoms with Crippen LogP contribution in [-0.2, 0) is 11.4 Å². The summed E-state index contributed by atoms with van der Waals surface area (Å²) in [5, 5.41) is 11.5. The van der Waals surface area contributed by atoms with Crippen molar-refractivity contribution in [1.29, 1.82) is 0 Å². The van der Waals surface area contributed by atoms with Gasteiger partial charge in [0.25, 0.3) is 11.1 Å². The maximum Gasteiger partial charge on any atom is 0.277 e. The fourth-order valence-electron chi connectivity index (χ4n) is 3.26. The average Bonchev–Trinajstić information content (AvgIpc) is 3.11. The van der Waals surface area contributed by atoms with E-state index >= 15 is 0 Å². The maximum atomic E-state index is 12.2. The molecule has 1 amide bonds. The average molecular weight is 390 g/mol. The molecule has 2 atom stereocenters. The Balaban J connectivity index is 1.45. The standard InChI is InChI=1S/C20H27N3O3S/c1-13-8-9-15(3)17(10-13)25-11-19-22-23-20(26-19)27-12-18(24)21-16-7-5-4-6-14(16)2/h8-10,14,16H,4-7,11-12H2,1-3H3,(H,21,24). The van der Waals surface area contributed by atoms with Crippen LogP contribution >= 0.6 is 11.8 Å². The molecule has 1 aromatic heterocycles. The largest absolute Gasteiger partial charge is 0.484 e. The number of rotatable bonds is 7. The zero-order chi connectivity index (χ0) is 19.2. The number of benzene rings is 1. The van der Waals surface area contributed by atoms with Gasteiger partial charge in [-0.05, 0) is 49.8 Å². The molecular weight excluding hydrogens is 362 g/mol. The van der Waals surface area contributed by atoms with Crippen molar-refractivity contribution in [2.45, 2.75) is 64.3 Å². The number of nitrogens with zero attached hydrogens (tertiary/aromatic N) is 2. The van der Waals surface area contributed by atoms with Gasteiger partial charge in [-0.1, -0.05) is 43.7 Å². The minimum absolute atomic E-state index is 0.0186. The van der Waals surface area contributed by atoms with E-state index in [-0.39, 0.29) is 24.3 Å². The Hall–Kier alpha value is -2.02. The number of aryl methyl sites for hydroxylation is 2. The van der Waals surface area contributed by atoms with Crippen LogP contribution in [0.4, 0.5) is 0 Å². The van der Waals surface area contributed by atoms with Crippen molar-refractivity contribution in [2.75, 3.05) is 5.75 Å². The van der Waals surface area contributed by atoms with E-state index in [2.05, 4.69) is 22.4 Å². The van der Waals surface area contributed by atoms with Crippen LogP contribution < -0.4 is 10.1 Å². The van der Waals surface area contributed by atoms with Gasteiger partial charge in [0.2, 0.25) is 5.91 Å². The summed E-state index contributed by atoms with van der Waals surface area (Å²) >= 11 is 1.26. The first-order chi connectivity index (χ1) is 13.0. The van der Waals surface area contributed by atoms with Crippen LogP contribution in [0.25, 0.3) is 0 Å². The van der Waals surface area contributed by atoms with Crippen LogP contribution in [-0.4, -0.2) is 27.9 Å². The first-order valence-corrected chi connectivity index (χ1v) is 10.4. The molecule has 1 fully saturated rings. The van der Waals surface area contributed by atoms with Gasteiger partial charge in [0.1, 0.15) is 5.75 Å². The molecule has 1 aliphatic rings. The van der Waals surface area contributed by atoms with Gasteiger partial charge in [-0.3, -0.25) is 4.79 Å². The topological polar surface area (TPSA) is 77.2 Å². The summed E-state index contributed by atoms with van der Waals surface area (Å²) in [6, 6.07) is 6.34. The lowest BCUT2D eigenvalue weighted by Gasteiger charge is -2.29. The number of carbonyl (C=O) groups excluding carboxylic acids is 1. The fourth-order valence-corrected chi connectivity index (χ4v) is 3.86. The predicted octanol–water partition coefficient (Wildman–Crippen LogP) is 4.05. The van der Waals surface area contributed by atoms with E-state index in [9.17, 15) is 4.79 Å². The van der Waals surface area contributed by atoms with Crippen molar-refractivity contribution in [3.8, 4) is 5.75 Å². The van der Waals surface area contributed by atoms with Gasteiger partial charge in [0.15, 0.2) is 6.61 Å². The lowest BCUT2D eigenvalue weighted by atomic mass is 9.86. The Morgan fingerprint density at radius 2 is 2.11 bits per heavy atom. The zero-order valence-corrected chi connectivity index (χ0v) is 17.0. The molecule has 1 saturated carbocycles. The quantitative estimate of drug-likeness (QED) is 0.720. The number of ether oxygens (including phenoxy) is 1. The molecular formula is C20H27N3O3S. The highest BCUT2D eigenvalue weighted by molar-refractivity contribution is 7.99. The maximum absolute atomic E-state index is 12.2. The van der Waals surface area contributed by atoms with Gasteiger partial charge in [-0.25, -0.2) is 0 Å². The fraction of sp³-hybridized carbons (Fsp3) is 0.550. The van der Waals surface area contributed by atoms with Crippen LogP contribution in [0.1, 0.15) is 49.6 Å². The van der Waals surface area contributed by atoms with E-state index in [0.717, 1.165) is 23.3 Å². The molecule has 0 bridgehead atoms. The highest BCUT2D eigenvalue weighted by atomic mass is 32.2. The third kappa shape index (κ3) is 5.73. The predicted molar refractivity (Wildman–Crippen MR) is 105 cm³/mol. The molecule has 7 heteroatoms. The molecule has 0 saturated heterocycles. The first kappa shape index (κ1) is 19.7. The number of hydrogen-bond acceptors (Lipinski definition) is 6. The van der Waals surface area contributed by atoms with E-state index in [1.807, 2.05) is 32.0 Å². The second-order valence-corrected chi connectivity index (χ2v) is 8.17. The molecule has 1 aromatic carbocycles. The number of carbonyl (C=O) groups is 1. The molecule has 6 nitrogen and oxygen atoms in total. The molecule has 0 radical (unpaired) electrons. The Kier molecular flexibility index (Phi) is 6.77. The van der Waals surface area contributed by atoms with Crippen molar-refractivity contribution in [1.82, 2.24) is 15.5 Å². The molecule has 0 aliphatic heterocycles. The Morgan fingerprint density at radius 1 is 1.30 bits per heavy atom. The highest BCUT2D eigenvalue weighted by Gasteiger charge is 2.23. The summed E-state index contributed by atoms with van der Waals surface area (Å²) in [4.78, 5) is 12.2. The number of hydrogen-bond donors (Lipinski definition) is 1. The Bertz CT molecular complexity index is 778. The lowest BCUT2D eigenvalue weighted by molar-refractivity contribution is -0.119. The number of amides is 1. The Labute approximate surface area is 164 Å². The third-order valence-electron chi connectivity index (χ3n) is 4.93. The second kappa shape index (κ2) is 9.26. The van der Waals surface area contributed by atoms with Gasteiger partial charge in [0, 0.05) is 6.04 Å². The number of thioether (sulfide) groups is 1. The second-order valence-electron chi connectivity index (χ2n) is 7.24. The minimum Gasteiger partial charge on any atom is -0.484 e. The van der Waals surface area contributed by atoms with Gasteiger partial charge in [-0.2, -0.15) is 0 Å². The minimum atomic E-state index is 0.0186. The van der Waals surface area contributed by atoms with Crippen molar-refractivity contribution in [3.63, 3.8) is 0 Å². The Morgan fingerprint density at radius 3 is 2.93 bits per heavy atom. The number of aromatic nitrogens is 2. The summed E-state index contributed by atoms with van der Waals surface area (Å²) in [6.07, 6.45) is 4.70. The van der Waals surface area contributed by atoms with Crippen molar-refractivity contribution < 1.29 is 13.9 Å². The molecule has 2 unspecified atom stereocenters. The van der Waals surface area contributed by atoms with Crippen molar-refractivity contribution >= 4 is 17.7 Å². The zero-order valence-electron chi connectivity index (χ0n) is 16.2. The number of nitrogens with one attached hydrogen (secondary N) is 1. The monoisotopic (exact) mass is 389 g/mol. The SMILES string of the molecule is Cc1ccc(C)c(OCc2nnc(SCC(=O)NC3CCCCC3C)o2)c1. The summed E-state index contributed by atoms with van der Waals surface area (Å²) in [5.74, 6) is 2.06. The van der Waals surface area contributed by atoms with Crippen LogP contribution in [0.3, 0.4) is 0 Å². The smallest absolute Gasteiger partial charge is 0.277 e. The van der Waals surface area contributed by atoms with Crippen LogP contribution in [0.5, 0.6) is 5.75 Å². The molecule has 1 aliphatic carbocycles.